The van der Waals surface area contributed by atoms with Gasteiger partial charge in [-0.3, -0.25) is 0 Å². The maximum Gasteiger partial charge on any atom is 0.161 e. The van der Waals surface area contributed by atoms with Crippen molar-refractivity contribution < 1.29 is 14.6 Å². The highest BCUT2D eigenvalue weighted by atomic mass is 16.6. The van der Waals surface area contributed by atoms with E-state index in [-0.39, 0.29) is 0 Å². The first-order valence-electron chi connectivity index (χ1n) is 6.03. The van der Waals surface area contributed by atoms with Gasteiger partial charge in [-0.15, -0.1) is 0 Å². The van der Waals surface area contributed by atoms with Gasteiger partial charge in [0.15, 0.2) is 11.5 Å². The Morgan fingerprint density at radius 3 is 2.59 bits per heavy atom. The predicted molar refractivity (Wildman–Crippen MR) is 63.6 cm³/mol. The molecule has 0 spiro atoms. The van der Waals surface area contributed by atoms with Crippen molar-refractivity contribution in [1.29, 1.82) is 0 Å². The molecule has 2 N–H and O–H groups in total. The van der Waals surface area contributed by atoms with Gasteiger partial charge in [0.25, 0.3) is 0 Å². The van der Waals surface area contributed by atoms with Gasteiger partial charge < -0.3 is 19.9 Å². The fourth-order valence-corrected chi connectivity index (χ4v) is 2.60. The maximum absolute atomic E-state index is 10.6. The minimum absolute atomic E-state index is 0.576. The number of aliphatic hydroxyl groups is 1. The minimum atomic E-state index is -0.764. The molecule has 17 heavy (non-hydrogen) atoms. The largest absolute Gasteiger partial charge is 0.486 e. The van der Waals surface area contributed by atoms with Crippen molar-refractivity contribution in [1.82, 2.24) is 5.32 Å². The molecule has 1 saturated heterocycles. The van der Waals surface area contributed by atoms with Crippen LogP contribution in [0.3, 0.4) is 0 Å². The van der Waals surface area contributed by atoms with Crippen LogP contribution in [0.15, 0.2) is 12.1 Å². The maximum atomic E-state index is 10.6. The lowest BCUT2D eigenvalue weighted by atomic mass is 9.89. The molecule has 1 fully saturated rings. The quantitative estimate of drug-likeness (QED) is 0.761. The smallest absolute Gasteiger partial charge is 0.161 e. The topological polar surface area (TPSA) is 50.7 Å². The van der Waals surface area contributed by atoms with Gasteiger partial charge in [0.05, 0.1) is 0 Å². The molecule has 2 aliphatic heterocycles. The normalized spacial score (nSPS) is 27.2. The lowest BCUT2D eigenvalue weighted by Crippen LogP contribution is -2.29. The Labute approximate surface area is 101 Å². The van der Waals surface area contributed by atoms with Gasteiger partial charge in [-0.2, -0.15) is 0 Å². The molecule has 2 aliphatic rings. The molecule has 0 aliphatic carbocycles. The summed E-state index contributed by atoms with van der Waals surface area (Å²) in [4.78, 5) is 0. The van der Waals surface area contributed by atoms with Crippen LogP contribution in [-0.2, 0) is 5.60 Å². The average Bonchev–Trinajstić information content (AvgIpc) is 2.76. The number of hydrogen-bond acceptors (Lipinski definition) is 4. The number of benzene rings is 1. The van der Waals surface area contributed by atoms with Crippen LogP contribution in [0.4, 0.5) is 0 Å². The fourth-order valence-electron chi connectivity index (χ4n) is 2.60. The standard InChI is InChI=1S/C13H17NO3/c1-9-6-11-12(17-5-4-16-11)7-10(9)13(15)2-3-14-8-13/h6-7,14-15H,2-5,8H2,1H3. The number of ether oxygens (including phenoxy) is 2. The second kappa shape index (κ2) is 3.89. The molecule has 0 aromatic heterocycles. The molecule has 1 unspecified atom stereocenters. The minimum Gasteiger partial charge on any atom is -0.486 e. The monoisotopic (exact) mass is 235 g/mol. The molecule has 4 nitrogen and oxygen atoms in total. The first-order valence-corrected chi connectivity index (χ1v) is 6.03. The van der Waals surface area contributed by atoms with Crippen molar-refractivity contribution in [2.24, 2.45) is 0 Å². The van der Waals surface area contributed by atoms with Gasteiger partial charge in [-0.05, 0) is 43.1 Å². The summed E-state index contributed by atoms with van der Waals surface area (Å²) in [6.07, 6.45) is 0.744. The third-order valence-corrected chi connectivity index (χ3v) is 3.52. The summed E-state index contributed by atoms with van der Waals surface area (Å²) in [5, 5.41) is 13.8. The second-order valence-corrected chi connectivity index (χ2v) is 4.77. The molecule has 3 rings (SSSR count). The van der Waals surface area contributed by atoms with E-state index in [1.54, 1.807) is 0 Å². The van der Waals surface area contributed by atoms with E-state index in [2.05, 4.69) is 5.32 Å². The first kappa shape index (κ1) is 10.9. The van der Waals surface area contributed by atoms with Gasteiger partial charge in [0, 0.05) is 6.54 Å². The highest BCUT2D eigenvalue weighted by molar-refractivity contribution is 5.49. The van der Waals surface area contributed by atoms with Gasteiger partial charge >= 0.3 is 0 Å². The number of β-amino-alcohol motifs (C(OH)–C–C–N with tert-alkyl or cyclic N) is 1. The van der Waals surface area contributed by atoms with E-state index >= 15 is 0 Å². The van der Waals surface area contributed by atoms with Crippen molar-refractivity contribution >= 4 is 0 Å². The van der Waals surface area contributed by atoms with E-state index in [1.165, 1.54) is 0 Å². The zero-order chi connectivity index (χ0) is 11.9. The summed E-state index contributed by atoms with van der Waals surface area (Å²) < 4.78 is 11.1. The highest BCUT2D eigenvalue weighted by Crippen LogP contribution is 2.38. The third kappa shape index (κ3) is 1.77. The van der Waals surface area contributed by atoms with Gasteiger partial charge in [0.2, 0.25) is 0 Å². The fraction of sp³-hybridized carbons (Fsp3) is 0.538. The number of fused-ring (bicyclic) bond motifs is 1. The molecule has 0 radical (unpaired) electrons. The lowest BCUT2D eigenvalue weighted by molar-refractivity contribution is 0.0573. The number of aryl methyl sites for hydroxylation is 1. The van der Waals surface area contributed by atoms with Crippen molar-refractivity contribution in [2.75, 3.05) is 26.3 Å². The van der Waals surface area contributed by atoms with Crippen LogP contribution in [0, 0.1) is 6.92 Å². The third-order valence-electron chi connectivity index (χ3n) is 3.52. The average molecular weight is 235 g/mol. The molecular weight excluding hydrogens is 218 g/mol. The molecular formula is C13H17NO3. The molecule has 0 bridgehead atoms. The second-order valence-electron chi connectivity index (χ2n) is 4.77. The van der Waals surface area contributed by atoms with Crippen LogP contribution in [0.1, 0.15) is 17.5 Å². The van der Waals surface area contributed by atoms with E-state index < -0.39 is 5.60 Å². The molecule has 1 aromatic carbocycles. The van der Waals surface area contributed by atoms with Gasteiger partial charge in [0.1, 0.15) is 18.8 Å². The molecule has 4 heteroatoms. The lowest BCUT2D eigenvalue weighted by Gasteiger charge is -2.27. The Hall–Kier alpha value is -1.26. The van der Waals surface area contributed by atoms with Crippen LogP contribution in [0.25, 0.3) is 0 Å². The molecule has 2 heterocycles. The van der Waals surface area contributed by atoms with Crippen molar-refractivity contribution in [3.8, 4) is 11.5 Å². The van der Waals surface area contributed by atoms with E-state index in [9.17, 15) is 5.11 Å². The number of nitrogens with one attached hydrogen (secondary N) is 1. The first-order chi connectivity index (χ1) is 8.19. The Balaban J connectivity index is 2.04. The Morgan fingerprint density at radius 2 is 1.94 bits per heavy atom. The van der Waals surface area contributed by atoms with Gasteiger partial charge in [-0.1, -0.05) is 0 Å². The van der Waals surface area contributed by atoms with Gasteiger partial charge in [-0.25, -0.2) is 0 Å². The summed E-state index contributed by atoms with van der Waals surface area (Å²) in [5.74, 6) is 1.53. The van der Waals surface area contributed by atoms with Crippen LogP contribution in [0.5, 0.6) is 11.5 Å². The molecule has 92 valence electrons. The zero-order valence-electron chi connectivity index (χ0n) is 9.95. The van der Waals surface area contributed by atoms with E-state index in [0.29, 0.717) is 19.8 Å². The van der Waals surface area contributed by atoms with Crippen LogP contribution in [-0.4, -0.2) is 31.4 Å². The van der Waals surface area contributed by atoms with Crippen LogP contribution in [0.2, 0.25) is 0 Å². The number of hydrogen-bond donors (Lipinski definition) is 2. The predicted octanol–water partition coefficient (Wildman–Crippen LogP) is 0.947. The molecule has 0 saturated carbocycles. The molecule has 0 amide bonds. The molecule has 1 atom stereocenters. The molecule has 1 aromatic rings. The van der Waals surface area contributed by atoms with Crippen LogP contribution < -0.4 is 14.8 Å². The van der Waals surface area contributed by atoms with E-state index in [1.807, 2.05) is 19.1 Å². The van der Waals surface area contributed by atoms with Crippen molar-refractivity contribution in [3.05, 3.63) is 23.3 Å². The van der Waals surface area contributed by atoms with Crippen LogP contribution >= 0.6 is 0 Å². The summed E-state index contributed by atoms with van der Waals surface area (Å²) in [5.41, 5.74) is 1.24. The van der Waals surface area contributed by atoms with Crippen molar-refractivity contribution in [3.63, 3.8) is 0 Å². The highest BCUT2D eigenvalue weighted by Gasteiger charge is 2.35. The Kier molecular flexibility index (Phi) is 2.49. The Bertz CT molecular complexity index is 439. The van der Waals surface area contributed by atoms with Crippen molar-refractivity contribution in [2.45, 2.75) is 18.9 Å². The summed E-state index contributed by atoms with van der Waals surface area (Å²) >= 11 is 0. The number of rotatable bonds is 1. The zero-order valence-corrected chi connectivity index (χ0v) is 9.95. The summed E-state index contributed by atoms with van der Waals surface area (Å²) in [6, 6.07) is 3.89. The summed E-state index contributed by atoms with van der Waals surface area (Å²) in [6.45, 7) is 4.63. The van der Waals surface area contributed by atoms with E-state index in [4.69, 9.17) is 9.47 Å². The van der Waals surface area contributed by atoms with E-state index in [0.717, 1.165) is 35.6 Å². The summed E-state index contributed by atoms with van der Waals surface area (Å²) in [7, 11) is 0. The Morgan fingerprint density at radius 1 is 1.24 bits per heavy atom. The SMILES string of the molecule is Cc1cc2c(cc1C1(O)CCNC1)OCCO2.